The van der Waals surface area contributed by atoms with Crippen molar-refractivity contribution in [3.8, 4) is 5.82 Å². The standard InChI is InChI=1S/C17H15F3N6O/c1-10-7-11(2)26(25-10)15-8-14(21-9-22-15)24-16(27)23-13-6-4-3-5-12(13)17(18,19)20/h3-9H,1-2H3,(H2,21,22,23,24,27). The number of para-hydroxylation sites is 1. The van der Waals surface area contributed by atoms with Gasteiger partial charge in [-0.2, -0.15) is 18.3 Å². The predicted octanol–water partition coefficient (Wildman–Crippen LogP) is 3.94. The molecule has 2 amide bonds. The summed E-state index contributed by atoms with van der Waals surface area (Å²) in [6, 6.07) is 7.17. The molecule has 10 heteroatoms. The van der Waals surface area contributed by atoms with E-state index in [1.165, 1.54) is 30.6 Å². The van der Waals surface area contributed by atoms with E-state index in [1.54, 1.807) is 4.68 Å². The van der Waals surface area contributed by atoms with Crippen LogP contribution in [0.15, 0.2) is 42.7 Å². The fraction of sp³-hybridized carbons (Fsp3) is 0.176. The third-order valence-corrected chi connectivity index (χ3v) is 3.60. The van der Waals surface area contributed by atoms with Crippen LogP contribution in [-0.2, 0) is 6.18 Å². The molecule has 7 nitrogen and oxygen atoms in total. The number of carbonyl (C=O) groups excluding carboxylic acids is 1. The van der Waals surface area contributed by atoms with Crippen molar-refractivity contribution in [2.75, 3.05) is 10.6 Å². The van der Waals surface area contributed by atoms with Crippen LogP contribution in [0.2, 0.25) is 0 Å². The van der Waals surface area contributed by atoms with Gasteiger partial charge in [-0.05, 0) is 32.0 Å². The zero-order chi connectivity index (χ0) is 19.6. The molecule has 2 heterocycles. The summed E-state index contributed by atoms with van der Waals surface area (Å²) in [5.74, 6) is 0.538. The first-order valence-electron chi connectivity index (χ1n) is 7.84. The van der Waals surface area contributed by atoms with Gasteiger partial charge in [0.1, 0.15) is 12.1 Å². The van der Waals surface area contributed by atoms with Gasteiger partial charge in [-0.1, -0.05) is 12.1 Å². The molecule has 0 atom stereocenters. The molecule has 0 radical (unpaired) electrons. The van der Waals surface area contributed by atoms with Gasteiger partial charge in [0, 0.05) is 11.8 Å². The van der Waals surface area contributed by atoms with Crippen molar-refractivity contribution in [1.82, 2.24) is 19.7 Å². The fourth-order valence-corrected chi connectivity index (χ4v) is 2.50. The summed E-state index contributed by atoms with van der Waals surface area (Å²) in [6.07, 6.45) is -3.35. The normalized spacial score (nSPS) is 11.3. The van der Waals surface area contributed by atoms with E-state index in [1.807, 2.05) is 19.9 Å². The van der Waals surface area contributed by atoms with E-state index >= 15 is 0 Å². The molecule has 0 aliphatic rings. The van der Waals surface area contributed by atoms with E-state index in [0.717, 1.165) is 17.5 Å². The average molecular weight is 376 g/mol. The predicted molar refractivity (Wildman–Crippen MR) is 92.7 cm³/mol. The van der Waals surface area contributed by atoms with E-state index in [2.05, 4.69) is 25.7 Å². The van der Waals surface area contributed by atoms with Gasteiger partial charge in [-0.3, -0.25) is 5.32 Å². The lowest BCUT2D eigenvalue weighted by Gasteiger charge is -2.14. The second-order valence-corrected chi connectivity index (χ2v) is 5.72. The maximum atomic E-state index is 13.0. The molecule has 3 aromatic rings. The molecule has 140 valence electrons. The van der Waals surface area contributed by atoms with Crippen LogP contribution >= 0.6 is 0 Å². The highest BCUT2D eigenvalue weighted by Gasteiger charge is 2.33. The van der Waals surface area contributed by atoms with Gasteiger partial charge < -0.3 is 5.32 Å². The number of benzene rings is 1. The molecule has 0 saturated heterocycles. The number of rotatable bonds is 3. The van der Waals surface area contributed by atoms with Crippen molar-refractivity contribution in [3.05, 3.63) is 59.7 Å². The van der Waals surface area contributed by atoms with Gasteiger partial charge in [0.25, 0.3) is 0 Å². The number of amides is 2. The zero-order valence-electron chi connectivity index (χ0n) is 14.4. The summed E-state index contributed by atoms with van der Waals surface area (Å²) in [4.78, 5) is 20.1. The minimum Gasteiger partial charge on any atom is -0.307 e. The van der Waals surface area contributed by atoms with Crippen LogP contribution in [0.1, 0.15) is 17.0 Å². The van der Waals surface area contributed by atoms with E-state index < -0.39 is 17.8 Å². The van der Waals surface area contributed by atoms with Crippen LogP contribution < -0.4 is 10.6 Å². The minimum atomic E-state index is -4.58. The minimum absolute atomic E-state index is 0.120. The zero-order valence-corrected chi connectivity index (χ0v) is 14.4. The molecular weight excluding hydrogens is 361 g/mol. The second-order valence-electron chi connectivity index (χ2n) is 5.72. The Kier molecular flexibility index (Phi) is 4.80. The van der Waals surface area contributed by atoms with Crippen molar-refractivity contribution in [1.29, 1.82) is 0 Å². The molecule has 0 aliphatic carbocycles. The van der Waals surface area contributed by atoms with Crippen LogP contribution in [0.4, 0.5) is 29.5 Å². The van der Waals surface area contributed by atoms with Crippen LogP contribution in [0.25, 0.3) is 5.82 Å². The van der Waals surface area contributed by atoms with Crippen molar-refractivity contribution in [2.45, 2.75) is 20.0 Å². The third kappa shape index (κ3) is 4.22. The summed E-state index contributed by atoms with van der Waals surface area (Å²) >= 11 is 0. The molecule has 3 rings (SSSR count). The number of nitrogens with zero attached hydrogens (tertiary/aromatic N) is 4. The lowest BCUT2D eigenvalue weighted by atomic mass is 10.1. The molecule has 2 aromatic heterocycles. The molecule has 0 aliphatic heterocycles. The summed E-state index contributed by atoms with van der Waals surface area (Å²) < 4.78 is 40.6. The van der Waals surface area contributed by atoms with Crippen LogP contribution in [0.5, 0.6) is 0 Å². The summed E-state index contributed by atoms with van der Waals surface area (Å²) in [6.45, 7) is 3.67. The SMILES string of the molecule is Cc1cc(C)n(-c2cc(NC(=O)Nc3ccccc3C(F)(F)F)ncn2)n1. The van der Waals surface area contributed by atoms with Crippen LogP contribution in [0, 0.1) is 13.8 Å². The van der Waals surface area contributed by atoms with Gasteiger partial charge in [-0.25, -0.2) is 19.4 Å². The molecule has 0 spiro atoms. The van der Waals surface area contributed by atoms with E-state index in [4.69, 9.17) is 0 Å². The lowest BCUT2D eigenvalue weighted by Crippen LogP contribution is -2.22. The summed E-state index contributed by atoms with van der Waals surface area (Å²) in [5, 5.41) is 8.86. The number of urea groups is 1. The van der Waals surface area contributed by atoms with Crippen LogP contribution in [0.3, 0.4) is 0 Å². The van der Waals surface area contributed by atoms with Gasteiger partial charge in [0.05, 0.1) is 16.9 Å². The number of hydrogen-bond donors (Lipinski definition) is 2. The van der Waals surface area contributed by atoms with Crippen LogP contribution in [-0.4, -0.2) is 25.8 Å². The highest BCUT2D eigenvalue weighted by molar-refractivity contribution is 5.99. The smallest absolute Gasteiger partial charge is 0.307 e. The van der Waals surface area contributed by atoms with Gasteiger partial charge in [0.15, 0.2) is 5.82 Å². The summed E-state index contributed by atoms with van der Waals surface area (Å²) in [5.41, 5.74) is 0.337. The Hall–Kier alpha value is -3.43. The Labute approximate surface area is 152 Å². The first kappa shape index (κ1) is 18.4. The van der Waals surface area contributed by atoms with Gasteiger partial charge in [0.2, 0.25) is 0 Å². The number of alkyl halides is 3. The topological polar surface area (TPSA) is 84.7 Å². The Morgan fingerprint density at radius 2 is 1.81 bits per heavy atom. The monoisotopic (exact) mass is 376 g/mol. The quantitative estimate of drug-likeness (QED) is 0.725. The Bertz CT molecular complexity index is 983. The maximum absolute atomic E-state index is 13.0. The molecule has 0 fully saturated rings. The van der Waals surface area contributed by atoms with E-state index in [9.17, 15) is 18.0 Å². The lowest BCUT2D eigenvalue weighted by molar-refractivity contribution is -0.136. The number of carbonyl (C=O) groups is 1. The number of nitrogens with one attached hydrogen (secondary N) is 2. The number of hydrogen-bond acceptors (Lipinski definition) is 4. The van der Waals surface area contributed by atoms with Crippen molar-refractivity contribution in [3.63, 3.8) is 0 Å². The Morgan fingerprint density at radius 3 is 2.48 bits per heavy atom. The van der Waals surface area contributed by atoms with Gasteiger partial charge >= 0.3 is 12.2 Å². The maximum Gasteiger partial charge on any atom is 0.418 e. The number of aryl methyl sites for hydroxylation is 2. The average Bonchev–Trinajstić information content (AvgIpc) is 2.93. The third-order valence-electron chi connectivity index (χ3n) is 3.60. The molecule has 2 N–H and O–H groups in total. The number of anilines is 2. The summed E-state index contributed by atoms with van der Waals surface area (Å²) in [7, 11) is 0. The number of aromatic nitrogens is 4. The van der Waals surface area contributed by atoms with Crippen molar-refractivity contribution < 1.29 is 18.0 Å². The second kappa shape index (κ2) is 7.06. The molecule has 27 heavy (non-hydrogen) atoms. The first-order valence-corrected chi connectivity index (χ1v) is 7.84. The Balaban J connectivity index is 1.78. The van der Waals surface area contributed by atoms with Crippen molar-refractivity contribution >= 4 is 17.5 Å². The molecule has 0 unspecified atom stereocenters. The van der Waals surface area contributed by atoms with E-state index in [0.29, 0.717) is 5.82 Å². The largest absolute Gasteiger partial charge is 0.418 e. The Morgan fingerprint density at radius 1 is 1.07 bits per heavy atom. The molecule has 0 bridgehead atoms. The highest BCUT2D eigenvalue weighted by Crippen LogP contribution is 2.34. The molecule has 1 aromatic carbocycles. The first-order chi connectivity index (χ1) is 12.7. The number of halogens is 3. The fourth-order valence-electron chi connectivity index (χ4n) is 2.50. The van der Waals surface area contributed by atoms with Gasteiger partial charge in [-0.15, -0.1) is 0 Å². The molecule has 0 saturated carbocycles. The van der Waals surface area contributed by atoms with Crippen molar-refractivity contribution in [2.24, 2.45) is 0 Å². The highest BCUT2D eigenvalue weighted by atomic mass is 19.4. The molecular formula is C17H15F3N6O. The van der Waals surface area contributed by atoms with E-state index in [-0.39, 0.29) is 11.5 Å².